The van der Waals surface area contributed by atoms with Crippen molar-refractivity contribution in [3.8, 4) is 11.8 Å². The average molecular weight is 346 g/mol. The van der Waals surface area contributed by atoms with Crippen LogP contribution in [0.1, 0.15) is 27.8 Å². The molecule has 2 aromatic rings. The fourth-order valence-electron chi connectivity index (χ4n) is 2.07. The van der Waals surface area contributed by atoms with E-state index in [9.17, 15) is 0 Å². The maximum Gasteiger partial charge on any atom is 0.0382 e. The summed E-state index contributed by atoms with van der Waals surface area (Å²) in [6.45, 7) is 6.37. The fourth-order valence-corrected chi connectivity index (χ4v) is 2.59. The lowest BCUT2D eigenvalue weighted by Gasteiger charge is -2.04. The first-order valence-corrected chi connectivity index (χ1v) is 7.00. The van der Waals surface area contributed by atoms with Crippen molar-refractivity contribution in [2.24, 2.45) is 0 Å². The van der Waals surface area contributed by atoms with E-state index >= 15 is 0 Å². The third kappa shape index (κ3) is 2.94. The summed E-state index contributed by atoms with van der Waals surface area (Å²) < 4.78 is 1.20. The van der Waals surface area contributed by atoms with Crippen LogP contribution in [-0.4, -0.2) is 0 Å². The van der Waals surface area contributed by atoms with Crippen molar-refractivity contribution < 1.29 is 0 Å². The van der Waals surface area contributed by atoms with Crippen molar-refractivity contribution in [3.05, 3.63) is 67.8 Å². The summed E-state index contributed by atoms with van der Waals surface area (Å²) in [5.74, 6) is 6.58. The molecule has 0 saturated carbocycles. The van der Waals surface area contributed by atoms with Gasteiger partial charge in [-0.3, -0.25) is 0 Å². The van der Waals surface area contributed by atoms with Gasteiger partial charge in [-0.15, -0.1) is 0 Å². The Morgan fingerprint density at radius 3 is 2.11 bits per heavy atom. The lowest BCUT2D eigenvalue weighted by molar-refractivity contribution is 1.30. The Hall–Kier alpha value is -1.27. The first-order chi connectivity index (χ1) is 8.58. The Labute approximate surface area is 123 Å². The zero-order valence-electron chi connectivity index (χ0n) is 10.8. The molecule has 0 aliphatic carbocycles. The number of hydrogen-bond donors (Lipinski definition) is 0. The zero-order valence-corrected chi connectivity index (χ0v) is 13.0. The molecule has 18 heavy (non-hydrogen) atoms. The van der Waals surface area contributed by atoms with Gasteiger partial charge in [0.2, 0.25) is 0 Å². The molecule has 0 fully saturated rings. The molecule has 0 aliphatic rings. The number of aryl methyl sites for hydroxylation is 3. The molecule has 2 aromatic carbocycles. The van der Waals surface area contributed by atoms with Crippen molar-refractivity contribution in [1.82, 2.24) is 0 Å². The van der Waals surface area contributed by atoms with Gasteiger partial charge >= 0.3 is 0 Å². The molecule has 0 N–H and O–H groups in total. The lowest BCUT2D eigenvalue weighted by Crippen LogP contribution is -1.90. The summed E-state index contributed by atoms with van der Waals surface area (Å²) >= 11 is 2.32. The zero-order chi connectivity index (χ0) is 13.1. The average Bonchev–Trinajstić information content (AvgIpc) is 2.30. The summed E-state index contributed by atoms with van der Waals surface area (Å²) in [5.41, 5.74) is 6.06. The van der Waals surface area contributed by atoms with Gasteiger partial charge in [-0.05, 0) is 66.6 Å². The fraction of sp³-hybridized carbons (Fsp3) is 0.176. The first kappa shape index (κ1) is 13.2. The molecule has 0 bridgehead atoms. The van der Waals surface area contributed by atoms with Crippen LogP contribution in [0, 0.1) is 36.2 Å². The summed E-state index contributed by atoms with van der Waals surface area (Å²) in [7, 11) is 0. The lowest BCUT2D eigenvalue weighted by atomic mass is 10.00. The van der Waals surface area contributed by atoms with Gasteiger partial charge in [0, 0.05) is 14.7 Å². The predicted molar refractivity (Wildman–Crippen MR) is 85.8 cm³/mol. The molecule has 0 unspecified atom stereocenters. The van der Waals surface area contributed by atoms with E-state index in [1.54, 1.807) is 0 Å². The molecule has 1 heteroatoms. The Kier molecular flexibility index (Phi) is 4.08. The highest BCUT2D eigenvalue weighted by atomic mass is 127. The molecule has 0 radical (unpaired) electrons. The number of rotatable bonds is 0. The molecule has 0 aliphatic heterocycles. The van der Waals surface area contributed by atoms with Gasteiger partial charge in [-0.25, -0.2) is 0 Å². The molecular weight excluding hydrogens is 331 g/mol. The largest absolute Gasteiger partial charge is 0.0611 e. The van der Waals surface area contributed by atoms with E-state index in [1.807, 2.05) is 12.1 Å². The van der Waals surface area contributed by atoms with Crippen molar-refractivity contribution in [2.75, 3.05) is 0 Å². The van der Waals surface area contributed by atoms with E-state index in [0.717, 1.165) is 11.1 Å². The number of hydrogen-bond acceptors (Lipinski definition) is 0. The van der Waals surface area contributed by atoms with Crippen LogP contribution in [-0.2, 0) is 0 Å². The monoisotopic (exact) mass is 346 g/mol. The summed E-state index contributed by atoms with van der Waals surface area (Å²) in [5, 5.41) is 0. The number of benzene rings is 2. The van der Waals surface area contributed by atoms with Crippen LogP contribution in [0.5, 0.6) is 0 Å². The highest BCUT2D eigenvalue weighted by molar-refractivity contribution is 14.1. The van der Waals surface area contributed by atoms with Gasteiger partial charge in [-0.2, -0.15) is 0 Å². The minimum atomic E-state index is 1.09. The maximum absolute atomic E-state index is 3.31. The van der Waals surface area contributed by atoms with Crippen LogP contribution < -0.4 is 0 Å². The highest BCUT2D eigenvalue weighted by Gasteiger charge is 2.00. The SMILES string of the molecule is Cc1cc(C)c(C#Cc2ccccc2I)c(C)c1. The van der Waals surface area contributed by atoms with Crippen LogP contribution in [0.4, 0.5) is 0 Å². The van der Waals surface area contributed by atoms with E-state index < -0.39 is 0 Å². The first-order valence-electron chi connectivity index (χ1n) is 5.92. The highest BCUT2D eigenvalue weighted by Crippen LogP contribution is 2.16. The second-order valence-corrected chi connectivity index (χ2v) is 5.67. The third-order valence-corrected chi connectivity index (χ3v) is 3.81. The van der Waals surface area contributed by atoms with Crippen molar-refractivity contribution in [2.45, 2.75) is 20.8 Å². The standard InChI is InChI=1S/C17H15I/c1-12-10-13(2)16(14(3)11-12)9-8-15-6-4-5-7-17(15)18/h4-7,10-11H,1-3H3. The topological polar surface area (TPSA) is 0 Å². The normalized spacial score (nSPS) is 9.78. The molecular formula is C17H15I. The smallest absolute Gasteiger partial charge is 0.0382 e. The van der Waals surface area contributed by atoms with Crippen molar-refractivity contribution in [1.29, 1.82) is 0 Å². The van der Waals surface area contributed by atoms with Gasteiger partial charge in [0.15, 0.2) is 0 Å². The Morgan fingerprint density at radius 1 is 0.889 bits per heavy atom. The molecule has 90 valence electrons. The van der Waals surface area contributed by atoms with E-state index in [-0.39, 0.29) is 0 Å². The van der Waals surface area contributed by atoms with Crippen LogP contribution in [0.25, 0.3) is 0 Å². The van der Waals surface area contributed by atoms with Gasteiger partial charge in [-0.1, -0.05) is 41.7 Å². The molecule has 2 rings (SSSR count). The van der Waals surface area contributed by atoms with Gasteiger partial charge in [0.25, 0.3) is 0 Å². The summed E-state index contributed by atoms with van der Waals surface area (Å²) in [6.07, 6.45) is 0. The van der Waals surface area contributed by atoms with Crippen LogP contribution >= 0.6 is 22.6 Å². The quantitative estimate of drug-likeness (QED) is 0.483. The van der Waals surface area contributed by atoms with E-state index in [1.165, 1.54) is 20.3 Å². The van der Waals surface area contributed by atoms with Gasteiger partial charge in [0.05, 0.1) is 0 Å². The molecule has 0 nitrogen and oxygen atoms in total. The molecule has 0 aromatic heterocycles. The van der Waals surface area contributed by atoms with Gasteiger partial charge < -0.3 is 0 Å². The Morgan fingerprint density at radius 2 is 1.50 bits per heavy atom. The minimum absolute atomic E-state index is 1.09. The summed E-state index contributed by atoms with van der Waals surface area (Å²) in [4.78, 5) is 0. The van der Waals surface area contributed by atoms with Gasteiger partial charge in [0.1, 0.15) is 0 Å². The summed E-state index contributed by atoms with van der Waals surface area (Å²) in [6, 6.07) is 12.6. The molecule has 0 atom stereocenters. The third-order valence-electron chi connectivity index (χ3n) is 2.87. The van der Waals surface area contributed by atoms with Crippen molar-refractivity contribution >= 4 is 22.6 Å². The van der Waals surface area contributed by atoms with E-state index in [0.29, 0.717) is 0 Å². The second kappa shape index (κ2) is 5.58. The Bertz CT molecular complexity index is 619. The predicted octanol–water partition coefficient (Wildman–Crippen LogP) is 4.62. The second-order valence-electron chi connectivity index (χ2n) is 4.50. The van der Waals surface area contributed by atoms with Crippen LogP contribution in [0.2, 0.25) is 0 Å². The minimum Gasteiger partial charge on any atom is -0.0611 e. The van der Waals surface area contributed by atoms with E-state index in [2.05, 4.69) is 79.5 Å². The Balaban J connectivity index is 2.46. The van der Waals surface area contributed by atoms with E-state index in [4.69, 9.17) is 0 Å². The van der Waals surface area contributed by atoms with Crippen LogP contribution in [0.3, 0.4) is 0 Å². The molecule has 0 amide bonds. The van der Waals surface area contributed by atoms with Crippen molar-refractivity contribution in [3.63, 3.8) is 0 Å². The molecule has 0 heterocycles. The maximum atomic E-state index is 3.31. The number of halogens is 1. The molecule has 0 saturated heterocycles. The van der Waals surface area contributed by atoms with Crippen LogP contribution in [0.15, 0.2) is 36.4 Å². The molecule has 0 spiro atoms.